The van der Waals surface area contributed by atoms with Gasteiger partial charge >= 0.3 is 29.2 Å². The molecular weight excluding hydrogens is 640 g/mol. The van der Waals surface area contributed by atoms with E-state index in [1.165, 1.54) is 4.57 Å². The summed E-state index contributed by atoms with van der Waals surface area (Å²) in [7, 11) is 0. The van der Waals surface area contributed by atoms with E-state index in [1.807, 2.05) is 6.07 Å². The predicted molar refractivity (Wildman–Crippen MR) is 164 cm³/mol. The van der Waals surface area contributed by atoms with Crippen LogP contribution < -0.4 is 21.8 Å². The van der Waals surface area contributed by atoms with Crippen LogP contribution in [0.4, 0.5) is 10.5 Å². The van der Waals surface area contributed by atoms with Crippen LogP contribution in [0.15, 0.2) is 44.4 Å². The molecule has 234 valence electrons. The molecule has 1 aromatic heterocycles. The lowest BCUT2D eigenvalue weighted by Gasteiger charge is -2.27. The van der Waals surface area contributed by atoms with Gasteiger partial charge in [0.05, 0.1) is 11.0 Å². The summed E-state index contributed by atoms with van der Waals surface area (Å²) >= 11 is 3.42. The Kier molecular flexibility index (Phi) is 9.62. The summed E-state index contributed by atoms with van der Waals surface area (Å²) in [4.78, 5) is 76.3. The number of H-pyrrole nitrogens is 1. The summed E-state index contributed by atoms with van der Waals surface area (Å²) < 4.78 is 7.37. The molecule has 2 amide bonds. The number of ether oxygens (including phenoxy) is 1. The van der Waals surface area contributed by atoms with Crippen molar-refractivity contribution >= 4 is 56.6 Å². The molecule has 0 bridgehead atoms. The third-order valence-corrected chi connectivity index (χ3v) is 7.62. The Morgan fingerprint density at radius 1 is 1.11 bits per heavy atom. The molecule has 0 saturated heterocycles. The fourth-order valence-corrected chi connectivity index (χ4v) is 5.75. The lowest BCUT2D eigenvalue weighted by atomic mass is 9.95. The highest BCUT2D eigenvalue weighted by atomic mass is 79.9. The normalized spacial score (nSPS) is 14.3. The Hall–Kier alpha value is -4.46. The van der Waals surface area contributed by atoms with E-state index in [-0.39, 0.29) is 25.8 Å². The van der Waals surface area contributed by atoms with Gasteiger partial charge in [0.25, 0.3) is 0 Å². The number of nitrogens with zero attached hydrogens (tertiary/aromatic N) is 1. The molecule has 13 nitrogen and oxygen atoms in total. The van der Waals surface area contributed by atoms with Crippen LogP contribution in [0.3, 0.4) is 0 Å². The molecule has 0 fully saturated rings. The van der Waals surface area contributed by atoms with Crippen LogP contribution in [0.1, 0.15) is 62.8 Å². The first-order valence-corrected chi connectivity index (χ1v) is 14.7. The number of hydrogen-bond donors (Lipinski definition) is 5. The maximum atomic E-state index is 13.3. The SMILES string of the molecule is CC(C)(C)OC(=O)NCc1ccc(NC(=O)C[C@@H]2CCc3cc(Br)cc4[nH]c(=O)c(=O)n2c34)c(CCC(C(=O)O)C(=O)O)c1. The van der Waals surface area contributed by atoms with Crippen LogP contribution in [0, 0.1) is 5.92 Å². The van der Waals surface area contributed by atoms with Crippen LogP contribution >= 0.6 is 15.9 Å². The molecule has 2 heterocycles. The first-order chi connectivity index (χ1) is 20.6. The number of aromatic nitrogens is 2. The maximum absolute atomic E-state index is 13.3. The zero-order valence-electron chi connectivity index (χ0n) is 24.4. The molecular formula is C30H33BrN4O9. The Labute approximate surface area is 259 Å². The molecule has 3 aromatic rings. The Morgan fingerprint density at radius 2 is 1.82 bits per heavy atom. The van der Waals surface area contributed by atoms with Crippen molar-refractivity contribution in [3.63, 3.8) is 0 Å². The van der Waals surface area contributed by atoms with Gasteiger partial charge in [0.1, 0.15) is 5.60 Å². The highest BCUT2D eigenvalue weighted by molar-refractivity contribution is 9.10. The first kappa shape index (κ1) is 32.5. The van der Waals surface area contributed by atoms with Crippen LogP contribution in [-0.4, -0.2) is 49.3 Å². The minimum absolute atomic E-state index is 0.00101. The van der Waals surface area contributed by atoms with Crippen LogP contribution in [0.25, 0.3) is 11.0 Å². The number of carbonyl (C=O) groups is 4. The van der Waals surface area contributed by atoms with Gasteiger partial charge in [0.2, 0.25) is 5.91 Å². The third kappa shape index (κ3) is 7.73. The van der Waals surface area contributed by atoms with E-state index in [2.05, 4.69) is 31.5 Å². The molecule has 0 radical (unpaired) electrons. The number of carboxylic acids is 2. The summed E-state index contributed by atoms with van der Waals surface area (Å²) in [5.41, 5.74) is 1.06. The standard InChI is InChI=1S/C30H33BrN4O9/c1-30(2,3)44-29(43)32-14-15-4-9-21(16(10-15)6-8-20(27(39)40)28(41)42)33-23(36)13-19-7-5-17-11-18(31)12-22-24(17)35(19)26(38)25(37)34-22/h4,9-12,19-20H,5-8,13-14H2,1-3H3,(H,32,43)(H,33,36)(H,34,37)(H,39,40)(H,41,42)/t19-/m0/s1. The van der Waals surface area contributed by atoms with Crippen molar-refractivity contribution in [1.82, 2.24) is 14.9 Å². The maximum Gasteiger partial charge on any atom is 0.407 e. The quantitative estimate of drug-likeness (QED) is 0.157. The highest BCUT2D eigenvalue weighted by Crippen LogP contribution is 2.32. The second-order valence-corrected chi connectivity index (χ2v) is 12.6. The molecule has 0 saturated carbocycles. The number of benzene rings is 2. The number of carbonyl (C=O) groups excluding carboxylic acids is 2. The van der Waals surface area contributed by atoms with Crippen molar-refractivity contribution in [2.75, 3.05) is 5.32 Å². The molecule has 0 aliphatic carbocycles. The minimum Gasteiger partial charge on any atom is -0.481 e. The van der Waals surface area contributed by atoms with Crippen molar-refractivity contribution in [3.05, 3.63) is 72.2 Å². The van der Waals surface area contributed by atoms with Gasteiger partial charge in [-0.2, -0.15) is 0 Å². The number of aromatic amines is 1. The first-order valence-electron chi connectivity index (χ1n) is 13.9. The van der Waals surface area contributed by atoms with Gasteiger partial charge < -0.3 is 30.6 Å². The molecule has 4 rings (SSSR count). The van der Waals surface area contributed by atoms with E-state index >= 15 is 0 Å². The van der Waals surface area contributed by atoms with Crippen molar-refractivity contribution in [2.45, 2.75) is 71.1 Å². The molecule has 44 heavy (non-hydrogen) atoms. The van der Waals surface area contributed by atoms with E-state index in [0.717, 1.165) is 10.0 Å². The number of carboxylic acid groups (broad SMARTS) is 2. The van der Waals surface area contributed by atoms with Gasteiger partial charge in [-0.05, 0) is 81.3 Å². The molecule has 0 spiro atoms. The number of anilines is 1. The zero-order valence-corrected chi connectivity index (χ0v) is 25.9. The number of rotatable bonds is 10. The van der Waals surface area contributed by atoms with E-state index in [9.17, 15) is 39.0 Å². The summed E-state index contributed by atoms with van der Waals surface area (Å²) in [6.07, 6.45) is 0.0117. The second kappa shape index (κ2) is 13.0. The molecule has 14 heteroatoms. The number of halogens is 1. The summed E-state index contributed by atoms with van der Waals surface area (Å²) in [5, 5.41) is 24.1. The van der Waals surface area contributed by atoms with E-state index < -0.39 is 52.6 Å². The largest absolute Gasteiger partial charge is 0.481 e. The smallest absolute Gasteiger partial charge is 0.407 e. The number of nitrogens with one attached hydrogen (secondary N) is 3. The Balaban J connectivity index is 1.57. The lowest BCUT2D eigenvalue weighted by Crippen LogP contribution is -2.41. The van der Waals surface area contributed by atoms with Gasteiger partial charge in [-0.1, -0.05) is 28.1 Å². The monoisotopic (exact) mass is 672 g/mol. The lowest BCUT2D eigenvalue weighted by molar-refractivity contribution is -0.154. The van der Waals surface area contributed by atoms with E-state index in [0.29, 0.717) is 40.7 Å². The molecule has 1 aliphatic rings. The summed E-state index contributed by atoms with van der Waals surface area (Å²) in [5.74, 6) is -5.07. The van der Waals surface area contributed by atoms with E-state index in [4.69, 9.17) is 4.74 Å². The molecule has 2 aromatic carbocycles. The number of aryl methyl sites for hydroxylation is 2. The molecule has 1 aliphatic heterocycles. The van der Waals surface area contributed by atoms with Crippen LogP contribution in [0.2, 0.25) is 0 Å². The average molecular weight is 674 g/mol. The predicted octanol–water partition coefficient (Wildman–Crippen LogP) is 3.71. The average Bonchev–Trinajstić information content (AvgIpc) is 2.90. The van der Waals surface area contributed by atoms with Gasteiger partial charge in [-0.25, -0.2) is 4.79 Å². The highest BCUT2D eigenvalue weighted by Gasteiger charge is 2.28. The van der Waals surface area contributed by atoms with E-state index in [1.54, 1.807) is 45.0 Å². The van der Waals surface area contributed by atoms with Crippen molar-refractivity contribution in [2.24, 2.45) is 5.92 Å². The summed E-state index contributed by atoms with van der Waals surface area (Å²) in [6.45, 7) is 5.24. The molecule has 1 atom stereocenters. The molecule has 5 N–H and O–H groups in total. The van der Waals surface area contributed by atoms with Gasteiger partial charge in [0, 0.05) is 29.2 Å². The third-order valence-electron chi connectivity index (χ3n) is 7.17. The van der Waals surface area contributed by atoms with Gasteiger partial charge in [0.15, 0.2) is 5.92 Å². The number of hydrogen-bond acceptors (Lipinski definition) is 7. The Bertz CT molecular complexity index is 1740. The van der Waals surface area contributed by atoms with Crippen molar-refractivity contribution < 1.29 is 34.1 Å². The van der Waals surface area contributed by atoms with Crippen LogP contribution in [0.5, 0.6) is 0 Å². The van der Waals surface area contributed by atoms with Crippen molar-refractivity contribution in [3.8, 4) is 0 Å². The van der Waals surface area contributed by atoms with Crippen LogP contribution in [-0.2, 0) is 38.5 Å². The molecule has 0 unspecified atom stereocenters. The number of alkyl carbamates (subject to hydrolysis) is 1. The fourth-order valence-electron chi connectivity index (χ4n) is 5.25. The van der Waals surface area contributed by atoms with Crippen molar-refractivity contribution in [1.29, 1.82) is 0 Å². The minimum atomic E-state index is -1.66. The second-order valence-electron chi connectivity index (χ2n) is 11.6. The number of amides is 2. The fraction of sp³-hybridized carbons (Fsp3) is 0.400. The Morgan fingerprint density at radius 3 is 2.48 bits per heavy atom. The topological polar surface area (TPSA) is 197 Å². The van der Waals surface area contributed by atoms with Gasteiger partial charge in [-0.15, -0.1) is 0 Å². The number of aliphatic carboxylic acids is 2. The van der Waals surface area contributed by atoms with Gasteiger partial charge in [-0.3, -0.25) is 28.5 Å². The zero-order chi connectivity index (χ0) is 32.3. The summed E-state index contributed by atoms with van der Waals surface area (Å²) in [6, 6.07) is 7.87.